The van der Waals surface area contributed by atoms with Gasteiger partial charge in [-0.3, -0.25) is 0 Å². The molecule has 1 N–H and O–H groups in total. The van der Waals surface area contributed by atoms with Crippen molar-refractivity contribution in [1.82, 2.24) is 9.62 Å². The Hall–Kier alpha value is -1.31. The summed E-state index contributed by atoms with van der Waals surface area (Å²) in [6, 6.07) is 5.42. The fourth-order valence-electron chi connectivity index (χ4n) is 3.88. The van der Waals surface area contributed by atoms with Crippen molar-refractivity contribution < 1.29 is 17.9 Å². The van der Waals surface area contributed by atoms with Gasteiger partial charge in [-0.15, -0.1) is 0 Å². The van der Waals surface area contributed by atoms with Crippen LogP contribution in [0.15, 0.2) is 23.1 Å². The Bertz CT molecular complexity index is 707. The zero-order valence-electron chi connectivity index (χ0n) is 13.7. The Labute approximate surface area is 143 Å². The molecule has 3 aliphatic heterocycles. The number of nitrogens with one attached hydrogen (secondary N) is 1. The summed E-state index contributed by atoms with van der Waals surface area (Å²) in [6.07, 6.45) is 3.91. The number of hydrogen-bond acceptors (Lipinski definition) is 5. The van der Waals surface area contributed by atoms with Crippen LogP contribution in [0.4, 0.5) is 0 Å². The van der Waals surface area contributed by atoms with E-state index < -0.39 is 10.0 Å². The van der Waals surface area contributed by atoms with Crippen LogP contribution < -0.4 is 14.8 Å². The first-order valence-electron chi connectivity index (χ1n) is 8.78. The fourth-order valence-corrected chi connectivity index (χ4v) is 5.41. The molecule has 2 fully saturated rings. The molecule has 132 valence electrons. The predicted molar refractivity (Wildman–Crippen MR) is 89.9 cm³/mol. The molecule has 7 heteroatoms. The van der Waals surface area contributed by atoms with E-state index in [0.29, 0.717) is 54.7 Å². The largest absolute Gasteiger partial charge is 0.490 e. The Kier molecular flexibility index (Phi) is 4.40. The third-order valence-corrected chi connectivity index (χ3v) is 7.07. The molecule has 4 rings (SSSR count). The van der Waals surface area contributed by atoms with Crippen molar-refractivity contribution in [1.29, 1.82) is 0 Å². The van der Waals surface area contributed by atoms with E-state index in [1.807, 2.05) is 0 Å². The lowest BCUT2D eigenvalue weighted by atomic mass is 9.86. The number of ether oxygens (including phenoxy) is 2. The Morgan fingerprint density at radius 1 is 1.08 bits per heavy atom. The second-order valence-electron chi connectivity index (χ2n) is 6.77. The summed E-state index contributed by atoms with van der Waals surface area (Å²) in [5.74, 6) is 1.58. The summed E-state index contributed by atoms with van der Waals surface area (Å²) >= 11 is 0. The van der Waals surface area contributed by atoms with Crippen molar-refractivity contribution in [2.75, 3.05) is 32.8 Å². The minimum Gasteiger partial charge on any atom is -0.490 e. The van der Waals surface area contributed by atoms with E-state index in [0.717, 1.165) is 32.2 Å². The third kappa shape index (κ3) is 3.00. The first-order chi connectivity index (χ1) is 11.6. The van der Waals surface area contributed by atoms with Crippen molar-refractivity contribution in [2.45, 2.75) is 36.6 Å². The lowest BCUT2D eigenvalue weighted by Crippen LogP contribution is -2.53. The van der Waals surface area contributed by atoms with Gasteiger partial charge in [-0.2, -0.15) is 4.31 Å². The molecule has 0 radical (unpaired) electrons. The van der Waals surface area contributed by atoms with E-state index in [9.17, 15) is 8.42 Å². The van der Waals surface area contributed by atoms with Gasteiger partial charge in [0.2, 0.25) is 10.0 Å². The predicted octanol–water partition coefficient (Wildman–Crippen LogP) is 1.61. The molecule has 3 aliphatic rings. The summed E-state index contributed by atoms with van der Waals surface area (Å²) in [5, 5.41) is 3.52. The van der Waals surface area contributed by atoms with Crippen LogP contribution in [-0.4, -0.2) is 51.6 Å². The average Bonchev–Trinajstić information content (AvgIpc) is 2.86. The average molecular weight is 352 g/mol. The zero-order chi connectivity index (χ0) is 16.6. The van der Waals surface area contributed by atoms with Crippen LogP contribution in [0.5, 0.6) is 11.5 Å². The minimum atomic E-state index is -3.49. The summed E-state index contributed by atoms with van der Waals surface area (Å²) in [6.45, 7) is 3.38. The molecule has 0 aromatic heterocycles. The van der Waals surface area contributed by atoms with Gasteiger partial charge < -0.3 is 14.8 Å². The van der Waals surface area contributed by atoms with E-state index in [-0.39, 0.29) is 0 Å². The molecular formula is C17H24N2O4S. The number of nitrogens with zero attached hydrogens (tertiary/aromatic N) is 1. The van der Waals surface area contributed by atoms with Gasteiger partial charge in [0.25, 0.3) is 0 Å². The molecule has 0 amide bonds. The SMILES string of the molecule is O=S(=O)(c1ccc2c(c1)OCCCO2)N1CC[C@@H]2NCCC[C@@H]2C1. The number of rotatable bonds is 2. The number of hydrogen-bond donors (Lipinski definition) is 1. The van der Waals surface area contributed by atoms with Crippen molar-refractivity contribution in [2.24, 2.45) is 5.92 Å². The molecule has 0 spiro atoms. The molecule has 1 aromatic carbocycles. The minimum absolute atomic E-state index is 0.300. The zero-order valence-corrected chi connectivity index (χ0v) is 14.6. The maximum atomic E-state index is 13.0. The monoisotopic (exact) mass is 352 g/mol. The maximum absolute atomic E-state index is 13.0. The normalized spacial score (nSPS) is 28.0. The second-order valence-corrected chi connectivity index (χ2v) is 8.71. The molecule has 3 heterocycles. The van der Waals surface area contributed by atoms with E-state index in [1.165, 1.54) is 0 Å². The van der Waals surface area contributed by atoms with Crippen molar-refractivity contribution in [3.8, 4) is 11.5 Å². The van der Waals surface area contributed by atoms with E-state index in [4.69, 9.17) is 9.47 Å². The van der Waals surface area contributed by atoms with Crippen LogP contribution in [-0.2, 0) is 10.0 Å². The quantitative estimate of drug-likeness (QED) is 0.876. The number of piperidine rings is 2. The highest BCUT2D eigenvalue weighted by molar-refractivity contribution is 7.89. The Morgan fingerprint density at radius 3 is 2.79 bits per heavy atom. The van der Waals surface area contributed by atoms with Crippen LogP contribution in [0, 0.1) is 5.92 Å². The van der Waals surface area contributed by atoms with Gasteiger partial charge in [0.05, 0.1) is 18.1 Å². The van der Waals surface area contributed by atoms with Crippen molar-refractivity contribution >= 4 is 10.0 Å². The van der Waals surface area contributed by atoms with Crippen LogP contribution in [0.3, 0.4) is 0 Å². The molecule has 0 unspecified atom stereocenters. The molecule has 24 heavy (non-hydrogen) atoms. The van der Waals surface area contributed by atoms with Gasteiger partial charge in [0.15, 0.2) is 11.5 Å². The highest BCUT2D eigenvalue weighted by Gasteiger charge is 2.36. The van der Waals surface area contributed by atoms with Gasteiger partial charge in [-0.05, 0) is 43.9 Å². The maximum Gasteiger partial charge on any atom is 0.243 e. The first-order valence-corrected chi connectivity index (χ1v) is 10.2. The van der Waals surface area contributed by atoms with Crippen molar-refractivity contribution in [3.63, 3.8) is 0 Å². The van der Waals surface area contributed by atoms with Gasteiger partial charge >= 0.3 is 0 Å². The molecule has 0 saturated carbocycles. The van der Waals surface area contributed by atoms with Gasteiger partial charge in [0.1, 0.15) is 0 Å². The Morgan fingerprint density at radius 2 is 1.92 bits per heavy atom. The molecule has 1 aromatic rings. The molecule has 2 saturated heterocycles. The van der Waals surface area contributed by atoms with Crippen LogP contribution >= 0.6 is 0 Å². The topological polar surface area (TPSA) is 67.9 Å². The van der Waals surface area contributed by atoms with E-state index in [1.54, 1.807) is 22.5 Å². The molecule has 0 aliphatic carbocycles. The highest BCUT2D eigenvalue weighted by atomic mass is 32.2. The number of benzene rings is 1. The lowest BCUT2D eigenvalue weighted by molar-refractivity contribution is 0.171. The summed E-state index contributed by atoms with van der Waals surface area (Å²) in [5.41, 5.74) is 0. The lowest BCUT2D eigenvalue weighted by Gasteiger charge is -2.41. The number of sulfonamides is 1. The number of fused-ring (bicyclic) bond motifs is 2. The third-order valence-electron chi connectivity index (χ3n) is 5.21. The van der Waals surface area contributed by atoms with Gasteiger partial charge in [-0.1, -0.05) is 0 Å². The molecular weight excluding hydrogens is 328 g/mol. The van der Waals surface area contributed by atoms with E-state index in [2.05, 4.69) is 5.32 Å². The highest BCUT2D eigenvalue weighted by Crippen LogP contribution is 2.34. The smallest absolute Gasteiger partial charge is 0.243 e. The van der Waals surface area contributed by atoms with Crippen LogP contribution in [0.1, 0.15) is 25.7 Å². The second kappa shape index (κ2) is 6.54. The standard InChI is InChI=1S/C17H24N2O4S/c20-24(21,19-8-6-15-13(12-19)3-1-7-18-15)14-4-5-16-17(11-14)23-10-2-9-22-16/h4-5,11,13,15,18H,1-3,6-10,12H2/t13-,15+/m1/s1. The molecule has 2 atom stereocenters. The van der Waals surface area contributed by atoms with E-state index >= 15 is 0 Å². The van der Waals surface area contributed by atoms with Crippen LogP contribution in [0.2, 0.25) is 0 Å². The van der Waals surface area contributed by atoms with Crippen LogP contribution in [0.25, 0.3) is 0 Å². The summed E-state index contributed by atoms with van der Waals surface area (Å²) in [4.78, 5) is 0.300. The summed E-state index contributed by atoms with van der Waals surface area (Å²) < 4.78 is 39.0. The summed E-state index contributed by atoms with van der Waals surface area (Å²) in [7, 11) is -3.49. The van der Waals surface area contributed by atoms with Gasteiger partial charge in [-0.25, -0.2) is 8.42 Å². The molecule has 6 nitrogen and oxygen atoms in total. The van der Waals surface area contributed by atoms with Gasteiger partial charge in [0, 0.05) is 31.6 Å². The fraction of sp³-hybridized carbons (Fsp3) is 0.647. The van der Waals surface area contributed by atoms with Crippen molar-refractivity contribution in [3.05, 3.63) is 18.2 Å². The Balaban J connectivity index is 1.57. The first kappa shape index (κ1) is 16.2. The molecule has 0 bridgehead atoms.